The highest BCUT2D eigenvalue weighted by Crippen LogP contribution is 2.28. The summed E-state index contributed by atoms with van der Waals surface area (Å²) >= 11 is 0. The fourth-order valence-electron chi connectivity index (χ4n) is 2.37. The molecule has 19 heavy (non-hydrogen) atoms. The quantitative estimate of drug-likeness (QED) is 0.870. The molecule has 1 aromatic carbocycles. The summed E-state index contributed by atoms with van der Waals surface area (Å²) in [5.74, 6) is 0.483. The van der Waals surface area contributed by atoms with Gasteiger partial charge in [0.25, 0.3) is 0 Å². The van der Waals surface area contributed by atoms with Gasteiger partial charge in [0.1, 0.15) is 0 Å². The van der Waals surface area contributed by atoms with E-state index in [-0.39, 0.29) is 17.9 Å². The third kappa shape index (κ3) is 3.56. The molecule has 0 radical (unpaired) electrons. The number of hydrogen-bond acceptors (Lipinski definition) is 3. The maximum absolute atomic E-state index is 12.1. The number of amides is 1. The van der Waals surface area contributed by atoms with Crippen LogP contribution < -0.4 is 10.6 Å². The number of fused-ring (bicyclic) bond motifs is 1. The molecule has 2 rings (SSSR count). The van der Waals surface area contributed by atoms with Crippen molar-refractivity contribution in [2.24, 2.45) is 5.92 Å². The minimum Gasteiger partial charge on any atom is -0.382 e. The SMILES string of the molecule is CC1Nc2ccccc2CC1C(=O)NCCS(C)=O. The molecule has 104 valence electrons. The standard InChI is InChI=1S/C14H20N2O2S/c1-10-12(14(17)15-7-8-19(2)18)9-11-5-3-4-6-13(11)16-10/h3-6,10,12,16H,7-9H2,1-2H3,(H,15,17). The predicted molar refractivity (Wildman–Crippen MR) is 78.7 cm³/mol. The van der Waals surface area contributed by atoms with Gasteiger partial charge in [-0.25, -0.2) is 0 Å². The van der Waals surface area contributed by atoms with Gasteiger partial charge in [-0.2, -0.15) is 0 Å². The lowest BCUT2D eigenvalue weighted by molar-refractivity contribution is -0.125. The fourth-order valence-corrected chi connectivity index (χ4v) is 2.76. The molecule has 3 atom stereocenters. The van der Waals surface area contributed by atoms with Crippen LogP contribution in [0.2, 0.25) is 0 Å². The number of benzene rings is 1. The average Bonchev–Trinajstić information content (AvgIpc) is 2.37. The summed E-state index contributed by atoms with van der Waals surface area (Å²) < 4.78 is 11.0. The van der Waals surface area contributed by atoms with Crippen molar-refractivity contribution in [3.05, 3.63) is 29.8 Å². The topological polar surface area (TPSA) is 58.2 Å². The van der Waals surface area contributed by atoms with E-state index in [4.69, 9.17) is 0 Å². The van der Waals surface area contributed by atoms with E-state index in [2.05, 4.69) is 16.7 Å². The fraction of sp³-hybridized carbons (Fsp3) is 0.500. The van der Waals surface area contributed by atoms with Gasteiger partial charge in [-0.3, -0.25) is 9.00 Å². The number of hydrogen-bond donors (Lipinski definition) is 2. The van der Waals surface area contributed by atoms with Gasteiger partial charge < -0.3 is 10.6 Å². The summed E-state index contributed by atoms with van der Waals surface area (Å²) in [6.07, 6.45) is 2.40. The maximum Gasteiger partial charge on any atom is 0.225 e. The van der Waals surface area contributed by atoms with Crippen LogP contribution in [0.3, 0.4) is 0 Å². The lowest BCUT2D eigenvalue weighted by atomic mass is 9.87. The highest BCUT2D eigenvalue weighted by Gasteiger charge is 2.29. The first-order chi connectivity index (χ1) is 9.08. The molecule has 0 aromatic heterocycles. The summed E-state index contributed by atoms with van der Waals surface area (Å²) in [6.45, 7) is 2.50. The molecule has 2 N–H and O–H groups in total. The van der Waals surface area contributed by atoms with Gasteiger partial charge >= 0.3 is 0 Å². The van der Waals surface area contributed by atoms with Crippen molar-refractivity contribution in [2.45, 2.75) is 19.4 Å². The number of anilines is 1. The molecule has 0 bridgehead atoms. The first kappa shape index (κ1) is 14.1. The van der Waals surface area contributed by atoms with Crippen LogP contribution in [-0.2, 0) is 22.0 Å². The van der Waals surface area contributed by atoms with E-state index >= 15 is 0 Å². The summed E-state index contributed by atoms with van der Waals surface area (Å²) in [6, 6.07) is 8.19. The van der Waals surface area contributed by atoms with E-state index in [9.17, 15) is 9.00 Å². The van der Waals surface area contributed by atoms with Crippen LogP contribution in [0.15, 0.2) is 24.3 Å². The van der Waals surface area contributed by atoms with E-state index < -0.39 is 10.8 Å². The molecule has 1 amide bonds. The zero-order valence-electron chi connectivity index (χ0n) is 11.3. The predicted octanol–water partition coefficient (Wildman–Crippen LogP) is 1.15. The van der Waals surface area contributed by atoms with Gasteiger partial charge in [-0.15, -0.1) is 0 Å². The second-order valence-corrected chi connectivity index (χ2v) is 6.52. The third-order valence-corrected chi connectivity index (χ3v) is 4.25. The number of rotatable bonds is 4. The van der Waals surface area contributed by atoms with Crippen LogP contribution in [0.1, 0.15) is 12.5 Å². The Kier molecular flexibility index (Phi) is 4.58. The van der Waals surface area contributed by atoms with Crippen LogP contribution in [0.5, 0.6) is 0 Å². The Morgan fingerprint density at radius 3 is 2.95 bits per heavy atom. The van der Waals surface area contributed by atoms with Gasteiger partial charge in [0.05, 0.1) is 5.92 Å². The lowest BCUT2D eigenvalue weighted by Gasteiger charge is -2.31. The Balaban J connectivity index is 1.98. The molecule has 1 aliphatic rings. The van der Waals surface area contributed by atoms with Gasteiger partial charge in [0.2, 0.25) is 5.91 Å². The minimum atomic E-state index is -0.862. The molecule has 0 spiro atoms. The number of carbonyl (C=O) groups is 1. The molecular formula is C14H20N2O2S. The lowest BCUT2D eigenvalue weighted by Crippen LogP contribution is -2.44. The van der Waals surface area contributed by atoms with Crippen molar-refractivity contribution >= 4 is 22.4 Å². The molecule has 1 aromatic rings. The van der Waals surface area contributed by atoms with Crippen LogP contribution >= 0.6 is 0 Å². The van der Waals surface area contributed by atoms with Crippen LogP contribution in [0, 0.1) is 5.92 Å². The van der Waals surface area contributed by atoms with Gasteiger partial charge in [0.15, 0.2) is 0 Å². The molecule has 0 saturated carbocycles. The molecule has 4 nitrogen and oxygen atoms in total. The van der Waals surface area contributed by atoms with Crippen molar-refractivity contribution in [2.75, 3.05) is 23.9 Å². The van der Waals surface area contributed by atoms with Gasteiger partial charge in [-0.1, -0.05) is 18.2 Å². The van der Waals surface area contributed by atoms with E-state index in [0.29, 0.717) is 12.3 Å². The zero-order valence-corrected chi connectivity index (χ0v) is 12.1. The minimum absolute atomic E-state index is 0.0416. The maximum atomic E-state index is 12.1. The Bertz CT molecular complexity index is 490. The first-order valence-corrected chi connectivity index (χ1v) is 8.23. The monoisotopic (exact) mass is 280 g/mol. The van der Waals surface area contributed by atoms with Crippen LogP contribution in [0.4, 0.5) is 5.69 Å². The highest BCUT2D eigenvalue weighted by atomic mass is 32.2. The van der Waals surface area contributed by atoms with E-state index in [1.807, 2.05) is 25.1 Å². The van der Waals surface area contributed by atoms with E-state index in [1.54, 1.807) is 6.26 Å². The average molecular weight is 280 g/mol. The normalized spacial score (nSPS) is 23.1. The Morgan fingerprint density at radius 2 is 2.21 bits per heavy atom. The van der Waals surface area contributed by atoms with Crippen molar-refractivity contribution in [1.29, 1.82) is 0 Å². The van der Waals surface area contributed by atoms with Crippen LogP contribution in [-0.4, -0.2) is 34.7 Å². The molecule has 0 fully saturated rings. The van der Waals surface area contributed by atoms with Gasteiger partial charge in [0, 0.05) is 41.1 Å². The summed E-state index contributed by atoms with van der Waals surface area (Å²) in [7, 11) is -0.862. The molecule has 5 heteroatoms. The zero-order chi connectivity index (χ0) is 13.8. The van der Waals surface area contributed by atoms with Gasteiger partial charge in [-0.05, 0) is 25.0 Å². The Labute approximate surface area is 116 Å². The summed E-state index contributed by atoms with van der Waals surface area (Å²) in [5.41, 5.74) is 2.30. The smallest absolute Gasteiger partial charge is 0.225 e. The second-order valence-electron chi connectivity index (χ2n) is 4.97. The van der Waals surface area contributed by atoms with E-state index in [1.165, 1.54) is 5.56 Å². The largest absolute Gasteiger partial charge is 0.382 e. The summed E-state index contributed by atoms with van der Waals surface area (Å²) in [4.78, 5) is 12.1. The second kappa shape index (κ2) is 6.19. The molecule has 0 saturated heterocycles. The molecule has 3 unspecified atom stereocenters. The number of carbonyl (C=O) groups excluding carboxylic acids is 1. The van der Waals surface area contributed by atoms with E-state index in [0.717, 1.165) is 12.1 Å². The van der Waals surface area contributed by atoms with Crippen molar-refractivity contribution in [3.8, 4) is 0 Å². The third-order valence-electron chi connectivity index (χ3n) is 3.47. The van der Waals surface area contributed by atoms with Crippen LogP contribution in [0.25, 0.3) is 0 Å². The molecule has 1 heterocycles. The van der Waals surface area contributed by atoms with Crippen molar-refractivity contribution in [1.82, 2.24) is 5.32 Å². The highest BCUT2D eigenvalue weighted by molar-refractivity contribution is 7.84. The molecule has 1 aliphatic heterocycles. The molecule has 0 aliphatic carbocycles. The van der Waals surface area contributed by atoms with Crippen molar-refractivity contribution in [3.63, 3.8) is 0 Å². The number of para-hydroxylation sites is 1. The van der Waals surface area contributed by atoms with Crippen molar-refractivity contribution < 1.29 is 9.00 Å². The Morgan fingerprint density at radius 1 is 1.47 bits per heavy atom. The summed E-state index contributed by atoms with van der Waals surface area (Å²) in [5, 5.41) is 6.24. The molecular weight excluding hydrogens is 260 g/mol. The first-order valence-electron chi connectivity index (χ1n) is 6.50. The Hall–Kier alpha value is -1.36. The number of nitrogens with one attached hydrogen (secondary N) is 2.